The highest BCUT2D eigenvalue weighted by Crippen LogP contribution is 2.24. The SMILES string of the molecule is Cc1cc(CNc2cccc3ncccc23)c(C)s1. The van der Waals surface area contributed by atoms with Gasteiger partial charge in [0.05, 0.1) is 5.52 Å². The summed E-state index contributed by atoms with van der Waals surface area (Å²) in [7, 11) is 0. The second-order valence-corrected chi connectivity index (χ2v) is 6.13. The molecule has 0 unspecified atom stereocenters. The first kappa shape index (κ1) is 12.2. The number of benzene rings is 1. The summed E-state index contributed by atoms with van der Waals surface area (Å²) in [6, 6.07) is 12.5. The number of nitrogens with one attached hydrogen (secondary N) is 1. The molecule has 0 aliphatic rings. The predicted molar refractivity (Wildman–Crippen MR) is 82.9 cm³/mol. The first-order chi connectivity index (χ1) is 9.24. The predicted octanol–water partition coefficient (Wildman–Crippen LogP) is 4.53. The van der Waals surface area contributed by atoms with E-state index in [9.17, 15) is 0 Å². The molecule has 0 amide bonds. The lowest BCUT2D eigenvalue weighted by atomic mass is 10.1. The lowest BCUT2D eigenvalue weighted by Gasteiger charge is -2.09. The zero-order valence-corrected chi connectivity index (χ0v) is 11.9. The molecule has 0 saturated heterocycles. The Bertz CT molecular complexity index is 710. The topological polar surface area (TPSA) is 24.9 Å². The molecule has 0 spiro atoms. The summed E-state index contributed by atoms with van der Waals surface area (Å²) in [5.41, 5.74) is 3.56. The van der Waals surface area contributed by atoms with Crippen LogP contribution in [-0.4, -0.2) is 4.98 Å². The second-order valence-electron chi connectivity index (χ2n) is 4.67. The monoisotopic (exact) mass is 268 g/mol. The molecule has 0 aliphatic heterocycles. The lowest BCUT2D eigenvalue weighted by molar-refractivity contribution is 1.14. The minimum atomic E-state index is 0.865. The van der Waals surface area contributed by atoms with Crippen LogP contribution in [0.1, 0.15) is 15.3 Å². The Hall–Kier alpha value is -1.87. The Morgan fingerprint density at radius 3 is 2.84 bits per heavy atom. The van der Waals surface area contributed by atoms with Crippen molar-refractivity contribution in [2.45, 2.75) is 20.4 Å². The van der Waals surface area contributed by atoms with Crippen molar-refractivity contribution in [1.82, 2.24) is 4.98 Å². The highest BCUT2D eigenvalue weighted by Gasteiger charge is 2.04. The van der Waals surface area contributed by atoms with Crippen molar-refractivity contribution in [3.05, 3.63) is 57.9 Å². The van der Waals surface area contributed by atoms with Gasteiger partial charge >= 0.3 is 0 Å². The van der Waals surface area contributed by atoms with Crippen LogP contribution in [0.2, 0.25) is 0 Å². The summed E-state index contributed by atoms with van der Waals surface area (Å²) in [4.78, 5) is 7.14. The molecule has 96 valence electrons. The van der Waals surface area contributed by atoms with Crippen molar-refractivity contribution in [3.63, 3.8) is 0 Å². The normalized spacial score (nSPS) is 10.8. The Morgan fingerprint density at radius 2 is 2.05 bits per heavy atom. The van der Waals surface area contributed by atoms with E-state index in [1.165, 1.54) is 20.7 Å². The minimum Gasteiger partial charge on any atom is -0.380 e. The van der Waals surface area contributed by atoms with E-state index in [0.29, 0.717) is 0 Å². The summed E-state index contributed by atoms with van der Waals surface area (Å²) < 4.78 is 0. The average Bonchev–Trinajstić information content (AvgIpc) is 2.74. The molecule has 3 rings (SSSR count). The molecular weight excluding hydrogens is 252 g/mol. The van der Waals surface area contributed by atoms with Crippen LogP contribution in [0.4, 0.5) is 5.69 Å². The maximum atomic E-state index is 4.38. The van der Waals surface area contributed by atoms with Crippen LogP contribution in [-0.2, 0) is 6.54 Å². The molecule has 1 aromatic carbocycles. The number of aromatic nitrogens is 1. The highest BCUT2D eigenvalue weighted by molar-refractivity contribution is 7.12. The van der Waals surface area contributed by atoms with Gasteiger partial charge in [0.15, 0.2) is 0 Å². The fourth-order valence-corrected chi connectivity index (χ4v) is 3.25. The molecule has 2 heterocycles. The maximum Gasteiger partial charge on any atom is 0.0722 e. The minimum absolute atomic E-state index is 0.865. The average molecular weight is 268 g/mol. The molecule has 2 nitrogen and oxygen atoms in total. The largest absolute Gasteiger partial charge is 0.380 e. The molecule has 1 N–H and O–H groups in total. The van der Waals surface area contributed by atoms with E-state index in [1.54, 1.807) is 0 Å². The summed E-state index contributed by atoms with van der Waals surface area (Å²) in [6.45, 7) is 5.20. The summed E-state index contributed by atoms with van der Waals surface area (Å²) in [5, 5.41) is 4.70. The van der Waals surface area contributed by atoms with E-state index in [2.05, 4.69) is 42.3 Å². The number of aryl methyl sites for hydroxylation is 2. The zero-order chi connectivity index (χ0) is 13.2. The zero-order valence-electron chi connectivity index (χ0n) is 11.1. The van der Waals surface area contributed by atoms with Crippen molar-refractivity contribution in [2.75, 3.05) is 5.32 Å². The number of pyridine rings is 1. The third kappa shape index (κ3) is 2.47. The van der Waals surface area contributed by atoms with Crippen LogP contribution in [0, 0.1) is 13.8 Å². The number of hydrogen-bond donors (Lipinski definition) is 1. The first-order valence-electron chi connectivity index (χ1n) is 6.37. The van der Waals surface area contributed by atoms with Gasteiger partial charge < -0.3 is 5.32 Å². The van der Waals surface area contributed by atoms with Gasteiger partial charge in [0.25, 0.3) is 0 Å². The molecular formula is C16H16N2S. The van der Waals surface area contributed by atoms with Crippen LogP contribution in [0.15, 0.2) is 42.6 Å². The van der Waals surface area contributed by atoms with Crippen LogP contribution >= 0.6 is 11.3 Å². The van der Waals surface area contributed by atoms with Crippen LogP contribution in [0.5, 0.6) is 0 Å². The molecule has 3 aromatic rings. The van der Waals surface area contributed by atoms with Gasteiger partial charge in [0.1, 0.15) is 0 Å². The lowest BCUT2D eigenvalue weighted by Crippen LogP contribution is -2.00. The molecule has 3 heteroatoms. The third-order valence-corrected chi connectivity index (χ3v) is 4.27. The van der Waals surface area contributed by atoms with E-state index in [-0.39, 0.29) is 0 Å². The Balaban J connectivity index is 1.88. The van der Waals surface area contributed by atoms with Crippen molar-refractivity contribution in [2.24, 2.45) is 0 Å². The number of thiophene rings is 1. The molecule has 0 atom stereocenters. The third-order valence-electron chi connectivity index (χ3n) is 3.26. The Kier molecular flexibility index (Phi) is 3.22. The fourth-order valence-electron chi connectivity index (χ4n) is 2.31. The van der Waals surface area contributed by atoms with Crippen LogP contribution < -0.4 is 5.32 Å². The van der Waals surface area contributed by atoms with Gasteiger partial charge in [0, 0.05) is 33.6 Å². The van der Waals surface area contributed by atoms with E-state index < -0.39 is 0 Å². The number of anilines is 1. The van der Waals surface area contributed by atoms with E-state index >= 15 is 0 Å². The van der Waals surface area contributed by atoms with Gasteiger partial charge in [-0.05, 0) is 49.7 Å². The summed E-state index contributed by atoms with van der Waals surface area (Å²) in [5.74, 6) is 0. The smallest absolute Gasteiger partial charge is 0.0722 e. The molecule has 0 fully saturated rings. The molecule has 0 aliphatic carbocycles. The maximum absolute atomic E-state index is 4.38. The first-order valence-corrected chi connectivity index (χ1v) is 7.19. The van der Waals surface area contributed by atoms with Gasteiger partial charge in [-0.15, -0.1) is 11.3 Å². The van der Waals surface area contributed by atoms with Gasteiger partial charge in [-0.2, -0.15) is 0 Å². The van der Waals surface area contributed by atoms with Crippen LogP contribution in [0.3, 0.4) is 0 Å². The summed E-state index contributed by atoms with van der Waals surface area (Å²) in [6.07, 6.45) is 1.83. The molecule has 2 aromatic heterocycles. The Morgan fingerprint density at radius 1 is 1.16 bits per heavy atom. The Labute approximate surface area is 117 Å². The van der Waals surface area contributed by atoms with Gasteiger partial charge in [-0.25, -0.2) is 0 Å². The second kappa shape index (κ2) is 5.02. The summed E-state index contributed by atoms with van der Waals surface area (Å²) >= 11 is 1.86. The van der Waals surface area contributed by atoms with Gasteiger partial charge in [-0.1, -0.05) is 6.07 Å². The van der Waals surface area contributed by atoms with Crippen molar-refractivity contribution in [3.8, 4) is 0 Å². The standard InChI is InChI=1S/C16H16N2S/c1-11-9-13(12(2)19-11)10-18-16-7-3-6-15-14(16)5-4-8-17-15/h3-9,18H,10H2,1-2H3. The van der Waals surface area contributed by atoms with E-state index in [4.69, 9.17) is 0 Å². The van der Waals surface area contributed by atoms with Crippen molar-refractivity contribution in [1.29, 1.82) is 0 Å². The quantitative estimate of drug-likeness (QED) is 0.755. The van der Waals surface area contributed by atoms with Crippen molar-refractivity contribution < 1.29 is 0 Å². The molecule has 0 saturated carbocycles. The van der Waals surface area contributed by atoms with Gasteiger partial charge in [0.2, 0.25) is 0 Å². The van der Waals surface area contributed by atoms with E-state index in [1.807, 2.05) is 35.7 Å². The number of rotatable bonds is 3. The van der Waals surface area contributed by atoms with Gasteiger partial charge in [-0.3, -0.25) is 4.98 Å². The number of nitrogens with zero attached hydrogens (tertiary/aromatic N) is 1. The molecule has 19 heavy (non-hydrogen) atoms. The number of hydrogen-bond acceptors (Lipinski definition) is 3. The fraction of sp³-hybridized carbons (Fsp3) is 0.188. The highest BCUT2D eigenvalue weighted by atomic mass is 32.1. The van der Waals surface area contributed by atoms with Crippen molar-refractivity contribution >= 4 is 27.9 Å². The molecule has 0 radical (unpaired) electrons. The molecule has 0 bridgehead atoms. The number of fused-ring (bicyclic) bond motifs is 1. The van der Waals surface area contributed by atoms with Crippen LogP contribution in [0.25, 0.3) is 10.9 Å². The van der Waals surface area contributed by atoms with E-state index in [0.717, 1.165) is 17.7 Å².